The standard InChI is InChI=1S/C17H17N3O5S/c1-12(13-4-3-5-15(10-13)20(24)25)18(2)17(21)11-26-16-8-6-14(7-9-16)19(22)23/h3-10,12H,11H2,1-2H3/t12-/m0/s1. The lowest BCUT2D eigenvalue weighted by atomic mass is 10.1. The molecule has 2 rings (SSSR count). The lowest BCUT2D eigenvalue weighted by molar-refractivity contribution is -0.385. The minimum absolute atomic E-state index is 0.00270. The van der Waals surface area contributed by atoms with Crippen LogP contribution in [-0.2, 0) is 4.79 Å². The molecule has 0 aromatic heterocycles. The van der Waals surface area contributed by atoms with Crippen LogP contribution in [0.1, 0.15) is 18.5 Å². The van der Waals surface area contributed by atoms with Gasteiger partial charge in [-0.25, -0.2) is 0 Å². The van der Waals surface area contributed by atoms with Crippen molar-refractivity contribution in [3.05, 3.63) is 74.3 Å². The first kappa shape index (κ1) is 19.4. The highest BCUT2D eigenvalue weighted by molar-refractivity contribution is 8.00. The van der Waals surface area contributed by atoms with Gasteiger partial charge in [0.05, 0.1) is 21.6 Å². The molecule has 8 nitrogen and oxygen atoms in total. The maximum absolute atomic E-state index is 12.4. The van der Waals surface area contributed by atoms with Crippen LogP contribution >= 0.6 is 11.8 Å². The lowest BCUT2D eigenvalue weighted by Crippen LogP contribution is -2.31. The van der Waals surface area contributed by atoms with Gasteiger partial charge >= 0.3 is 0 Å². The number of amides is 1. The number of hydrogen-bond acceptors (Lipinski definition) is 6. The second kappa shape index (κ2) is 8.43. The van der Waals surface area contributed by atoms with Gasteiger partial charge < -0.3 is 4.90 Å². The number of rotatable bonds is 7. The quantitative estimate of drug-likeness (QED) is 0.414. The van der Waals surface area contributed by atoms with Gasteiger partial charge in [0, 0.05) is 36.2 Å². The van der Waals surface area contributed by atoms with Gasteiger partial charge in [-0.05, 0) is 24.6 Å². The highest BCUT2D eigenvalue weighted by Crippen LogP contribution is 2.25. The average Bonchev–Trinajstić information content (AvgIpc) is 2.65. The van der Waals surface area contributed by atoms with Crippen molar-refractivity contribution in [2.75, 3.05) is 12.8 Å². The molecule has 9 heteroatoms. The third-order valence-corrected chi connectivity index (χ3v) is 4.94. The molecule has 2 aromatic rings. The van der Waals surface area contributed by atoms with E-state index in [2.05, 4.69) is 0 Å². The number of benzene rings is 2. The summed E-state index contributed by atoms with van der Waals surface area (Å²) in [5, 5.41) is 21.5. The summed E-state index contributed by atoms with van der Waals surface area (Å²) in [6.07, 6.45) is 0. The van der Waals surface area contributed by atoms with Crippen molar-refractivity contribution in [3.63, 3.8) is 0 Å². The van der Waals surface area contributed by atoms with E-state index in [0.717, 1.165) is 4.90 Å². The van der Waals surface area contributed by atoms with Crippen molar-refractivity contribution < 1.29 is 14.6 Å². The minimum Gasteiger partial charge on any atom is -0.338 e. The molecule has 0 radical (unpaired) electrons. The van der Waals surface area contributed by atoms with E-state index >= 15 is 0 Å². The van der Waals surface area contributed by atoms with Gasteiger partial charge in [-0.2, -0.15) is 0 Å². The smallest absolute Gasteiger partial charge is 0.269 e. The topological polar surface area (TPSA) is 107 Å². The van der Waals surface area contributed by atoms with E-state index in [1.54, 1.807) is 38.2 Å². The van der Waals surface area contributed by atoms with Gasteiger partial charge in [-0.3, -0.25) is 25.0 Å². The Balaban J connectivity index is 1.99. The summed E-state index contributed by atoms with van der Waals surface area (Å²) in [6, 6.07) is 11.9. The highest BCUT2D eigenvalue weighted by atomic mass is 32.2. The predicted molar refractivity (Wildman–Crippen MR) is 98.1 cm³/mol. The number of carbonyl (C=O) groups is 1. The molecular formula is C17H17N3O5S. The van der Waals surface area contributed by atoms with Gasteiger partial charge in [-0.1, -0.05) is 12.1 Å². The molecule has 2 aromatic carbocycles. The van der Waals surface area contributed by atoms with Crippen LogP contribution in [0.4, 0.5) is 11.4 Å². The molecule has 0 aliphatic heterocycles. The number of nitro groups is 2. The van der Waals surface area contributed by atoms with E-state index in [-0.39, 0.29) is 29.1 Å². The summed E-state index contributed by atoms with van der Waals surface area (Å²) in [7, 11) is 1.64. The van der Waals surface area contributed by atoms with Gasteiger partial charge in [0.15, 0.2) is 0 Å². The van der Waals surface area contributed by atoms with Crippen molar-refractivity contribution in [2.45, 2.75) is 17.9 Å². The summed E-state index contributed by atoms with van der Waals surface area (Å²) in [5.74, 6) is 0.0143. The van der Waals surface area contributed by atoms with E-state index < -0.39 is 9.85 Å². The third-order valence-electron chi connectivity index (χ3n) is 3.95. The van der Waals surface area contributed by atoms with Crippen LogP contribution < -0.4 is 0 Å². The van der Waals surface area contributed by atoms with Crippen LogP contribution in [0.2, 0.25) is 0 Å². The number of non-ortho nitro benzene ring substituents is 2. The first-order valence-corrected chi connectivity index (χ1v) is 8.65. The molecule has 0 N–H and O–H groups in total. The predicted octanol–water partition coefficient (Wildman–Crippen LogP) is 3.81. The molecule has 0 fully saturated rings. The van der Waals surface area contributed by atoms with Crippen molar-refractivity contribution in [1.82, 2.24) is 4.90 Å². The first-order valence-electron chi connectivity index (χ1n) is 7.67. The number of hydrogen-bond donors (Lipinski definition) is 0. The Morgan fingerprint density at radius 2 is 1.69 bits per heavy atom. The zero-order valence-corrected chi connectivity index (χ0v) is 15.0. The molecule has 1 amide bonds. The monoisotopic (exact) mass is 375 g/mol. The Morgan fingerprint density at radius 3 is 2.27 bits per heavy atom. The maximum atomic E-state index is 12.4. The van der Waals surface area contributed by atoms with Crippen LogP contribution in [0.5, 0.6) is 0 Å². The fourth-order valence-electron chi connectivity index (χ4n) is 2.25. The van der Waals surface area contributed by atoms with Crippen LogP contribution in [0.25, 0.3) is 0 Å². The Hall–Kier alpha value is -2.94. The van der Waals surface area contributed by atoms with Crippen molar-refractivity contribution in [2.24, 2.45) is 0 Å². The molecule has 0 spiro atoms. The molecule has 136 valence electrons. The molecular weight excluding hydrogens is 358 g/mol. The zero-order valence-electron chi connectivity index (χ0n) is 14.2. The van der Waals surface area contributed by atoms with Gasteiger partial charge in [0.25, 0.3) is 11.4 Å². The first-order chi connectivity index (χ1) is 12.3. The largest absolute Gasteiger partial charge is 0.338 e. The molecule has 1 atom stereocenters. The summed E-state index contributed by atoms with van der Waals surface area (Å²) in [6.45, 7) is 1.80. The van der Waals surface area contributed by atoms with Gasteiger partial charge in [0.2, 0.25) is 5.91 Å². The molecule has 0 aliphatic carbocycles. The zero-order chi connectivity index (χ0) is 19.3. The molecule has 0 aliphatic rings. The van der Waals surface area contributed by atoms with Crippen LogP contribution in [-0.4, -0.2) is 33.5 Å². The molecule has 26 heavy (non-hydrogen) atoms. The minimum atomic E-state index is -0.478. The molecule has 0 unspecified atom stereocenters. The van der Waals surface area contributed by atoms with Gasteiger partial charge in [0.1, 0.15) is 0 Å². The van der Waals surface area contributed by atoms with Crippen LogP contribution in [0, 0.1) is 20.2 Å². The van der Waals surface area contributed by atoms with E-state index in [4.69, 9.17) is 0 Å². The third kappa shape index (κ3) is 4.79. The van der Waals surface area contributed by atoms with Crippen LogP contribution in [0.3, 0.4) is 0 Å². The highest BCUT2D eigenvalue weighted by Gasteiger charge is 2.19. The molecule has 0 heterocycles. The Kier molecular flexibility index (Phi) is 6.29. The Morgan fingerprint density at radius 1 is 1.08 bits per heavy atom. The Bertz CT molecular complexity index is 825. The molecule has 0 bridgehead atoms. The number of thioether (sulfide) groups is 1. The van der Waals surface area contributed by atoms with Crippen molar-refractivity contribution in [1.29, 1.82) is 0 Å². The Labute approximate surface area is 154 Å². The number of nitro benzene ring substituents is 2. The second-order valence-electron chi connectivity index (χ2n) is 5.57. The van der Waals surface area contributed by atoms with Gasteiger partial charge in [-0.15, -0.1) is 11.8 Å². The summed E-state index contributed by atoms with van der Waals surface area (Å²) in [5.41, 5.74) is 0.655. The molecule has 0 saturated heterocycles. The number of carbonyl (C=O) groups excluding carboxylic acids is 1. The van der Waals surface area contributed by atoms with Crippen molar-refractivity contribution >= 4 is 29.0 Å². The molecule has 0 saturated carbocycles. The van der Waals surface area contributed by atoms with E-state index in [1.807, 2.05) is 0 Å². The maximum Gasteiger partial charge on any atom is 0.269 e. The van der Waals surface area contributed by atoms with Crippen molar-refractivity contribution in [3.8, 4) is 0 Å². The van der Waals surface area contributed by atoms with Crippen LogP contribution in [0.15, 0.2) is 53.4 Å². The normalized spacial score (nSPS) is 11.6. The SMILES string of the molecule is C[C@@H](c1cccc([N+](=O)[O-])c1)N(C)C(=O)CSc1ccc([N+](=O)[O-])cc1. The second-order valence-corrected chi connectivity index (χ2v) is 6.62. The lowest BCUT2D eigenvalue weighted by Gasteiger charge is -2.25. The van der Waals surface area contributed by atoms with E-state index in [0.29, 0.717) is 5.56 Å². The van der Waals surface area contributed by atoms with E-state index in [9.17, 15) is 25.0 Å². The number of nitrogens with zero attached hydrogens (tertiary/aromatic N) is 3. The average molecular weight is 375 g/mol. The fourth-order valence-corrected chi connectivity index (χ4v) is 3.07. The fraction of sp³-hybridized carbons (Fsp3) is 0.235. The van der Waals surface area contributed by atoms with E-state index in [1.165, 1.54) is 40.9 Å². The summed E-state index contributed by atoms with van der Waals surface area (Å²) < 4.78 is 0. The summed E-state index contributed by atoms with van der Waals surface area (Å²) in [4.78, 5) is 35.2. The summed E-state index contributed by atoms with van der Waals surface area (Å²) >= 11 is 1.28.